The Labute approximate surface area is 109 Å². The van der Waals surface area contributed by atoms with Gasteiger partial charge < -0.3 is 4.90 Å². The van der Waals surface area contributed by atoms with Crippen LogP contribution in [0.1, 0.15) is 25.0 Å². The highest BCUT2D eigenvalue weighted by atomic mass is 32.2. The Kier molecular flexibility index (Phi) is 6.76. The second-order valence-electron chi connectivity index (χ2n) is 3.89. The maximum absolute atomic E-state index is 8.81. The zero-order valence-electron chi connectivity index (χ0n) is 10.6. The van der Waals surface area contributed by atoms with Crippen LogP contribution in [-0.4, -0.2) is 30.3 Å². The Bertz CT molecular complexity index is 367. The minimum absolute atomic E-state index is 0.756. The summed E-state index contributed by atoms with van der Waals surface area (Å²) < 4.78 is 0. The lowest BCUT2D eigenvalue weighted by Crippen LogP contribution is -2.25. The summed E-state index contributed by atoms with van der Waals surface area (Å²) in [7, 11) is 0. The number of hydrogen-bond donors (Lipinski definition) is 0. The number of nitrogens with zero attached hydrogens (tertiary/aromatic N) is 2. The van der Waals surface area contributed by atoms with E-state index < -0.39 is 0 Å². The average Bonchev–Trinajstić information content (AvgIpc) is 2.39. The summed E-state index contributed by atoms with van der Waals surface area (Å²) >= 11 is 1.93. The quantitative estimate of drug-likeness (QED) is 0.694. The predicted molar refractivity (Wildman–Crippen MR) is 75.1 cm³/mol. The molecule has 0 aliphatic rings. The molecule has 0 unspecified atom stereocenters. The van der Waals surface area contributed by atoms with Gasteiger partial charge in [0.15, 0.2) is 0 Å². The van der Waals surface area contributed by atoms with Gasteiger partial charge in [-0.1, -0.05) is 26.0 Å². The van der Waals surface area contributed by atoms with Gasteiger partial charge in [0.25, 0.3) is 0 Å². The van der Waals surface area contributed by atoms with Crippen LogP contribution in [0.2, 0.25) is 0 Å². The van der Waals surface area contributed by atoms with E-state index in [9.17, 15) is 0 Å². The van der Waals surface area contributed by atoms with Crippen molar-refractivity contribution < 1.29 is 0 Å². The lowest BCUT2D eigenvalue weighted by Gasteiger charge is -2.17. The summed E-state index contributed by atoms with van der Waals surface area (Å²) in [5.74, 6) is 2.15. The van der Waals surface area contributed by atoms with Gasteiger partial charge in [0.1, 0.15) is 0 Å². The molecule has 0 aliphatic heterocycles. The van der Waals surface area contributed by atoms with Crippen LogP contribution in [0, 0.1) is 11.3 Å². The fourth-order valence-corrected chi connectivity index (χ4v) is 2.60. The number of thioether (sulfide) groups is 1. The van der Waals surface area contributed by atoms with E-state index in [0.717, 1.165) is 36.7 Å². The summed E-state index contributed by atoms with van der Waals surface area (Å²) in [5.41, 5.74) is 2.00. The van der Waals surface area contributed by atoms with E-state index in [4.69, 9.17) is 5.26 Å². The van der Waals surface area contributed by atoms with Gasteiger partial charge >= 0.3 is 0 Å². The van der Waals surface area contributed by atoms with Gasteiger partial charge in [-0.05, 0) is 30.8 Å². The summed E-state index contributed by atoms with van der Waals surface area (Å²) in [6.45, 7) is 7.80. The third-order valence-corrected chi connectivity index (χ3v) is 3.78. The monoisotopic (exact) mass is 248 g/mol. The lowest BCUT2D eigenvalue weighted by molar-refractivity contribution is 0.324. The number of hydrogen-bond acceptors (Lipinski definition) is 3. The minimum atomic E-state index is 0.756. The topological polar surface area (TPSA) is 27.0 Å². The molecule has 0 heterocycles. The highest BCUT2D eigenvalue weighted by Crippen LogP contribution is 2.13. The predicted octanol–water partition coefficient (Wildman–Crippen LogP) is 3.13. The van der Waals surface area contributed by atoms with E-state index in [1.54, 1.807) is 0 Å². The Morgan fingerprint density at radius 2 is 2.06 bits per heavy atom. The largest absolute Gasteiger partial charge is 0.303 e. The van der Waals surface area contributed by atoms with Crippen LogP contribution in [0.15, 0.2) is 24.3 Å². The maximum Gasteiger partial charge on any atom is 0.0991 e. The van der Waals surface area contributed by atoms with Gasteiger partial charge in [-0.2, -0.15) is 17.0 Å². The van der Waals surface area contributed by atoms with Crippen LogP contribution in [0.25, 0.3) is 0 Å². The van der Waals surface area contributed by atoms with E-state index in [1.165, 1.54) is 5.56 Å². The Morgan fingerprint density at radius 3 is 2.71 bits per heavy atom. The molecule has 0 atom stereocenters. The van der Waals surface area contributed by atoms with E-state index >= 15 is 0 Å². The van der Waals surface area contributed by atoms with E-state index in [2.05, 4.69) is 30.9 Å². The van der Waals surface area contributed by atoms with Gasteiger partial charge in [-0.3, -0.25) is 0 Å². The maximum atomic E-state index is 8.81. The van der Waals surface area contributed by atoms with Crippen LogP contribution >= 0.6 is 11.8 Å². The first-order chi connectivity index (χ1) is 8.30. The molecule has 0 N–H and O–H groups in total. The van der Waals surface area contributed by atoms with E-state index in [0.29, 0.717) is 0 Å². The van der Waals surface area contributed by atoms with Crippen LogP contribution in [0.4, 0.5) is 0 Å². The summed E-state index contributed by atoms with van der Waals surface area (Å²) in [6.07, 6.45) is 0. The van der Waals surface area contributed by atoms with Crippen LogP contribution in [-0.2, 0) is 5.75 Å². The van der Waals surface area contributed by atoms with Crippen LogP contribution in [0.5, 0.6) is 0 Å². The Morgan fingerprint density at radius 1 is 1.29 bits per heavy atom. The summed E-state index contributed by atoms with van der Waals surface area (Å²) in [4.78, 5) is 2.43. The molecule has 17 heavy (non-hydrogen) atoms. The molecule has 0 aromatic heterocycles. The molecule has 92 valence electrons. The molecule has 3 heteroatoms. The van der Waals surface area contributed by atoms with Crippen molar-refractivity contribution in [3.63, 3.8) is 0 Å². The molecule has 1 rings (SSSR count). The normalized spacial score (nSPS) is 10.5. The molecule has 0 aliphatic carbocycles. The molecule has 0 saturated heterocycles. The molecule has 0 radical (unpaired) electrons. The highest BCUT2D eigenvalue weighted by Gasteiger charge is 1.99. The third-order valence-electron chi connectivity index (χ3n) is 2.77. The van der Waals surface area contributed by atoms with Crippen molar-refractivity contribution in [1.29, 1.82) is 5.26 Å². The molecular formula is C14H20N2S. The van der Waals surface area contributed by atoms with E-state index in [-0.39, 0.29) is 0 Å². The molecule has 0 bridgehead atoms. The second kappa shape index (κ2) is 8.16. The van der Waals surface area contributed by atoms with Crippen LogP contribution < -0.4 is 0 Å². The summed E-state index contributed by atoms with van der Waals surface area (Å²) in [5, 5.41) is 8.81. The fourth-order valence-electron chi connectivity index (χ4n) is 1.65. The summed E-state index contributed by atoms with van der Waals surface area (Å²) in [6, 6.07) is 10.1. The van der Waals surface area contributed by atoms with Crippen molar-refractivity contribution in [2.45, 2.75) is 19.6 Å². The van der Waals surface area contributed by atoms with Crippen molar-refractivity contribution in [3.05, 3.63) is 35.4 Å². The number of benzene rings is 1. The first kappa shape index (κ1) is 14.1. The van der Waals surface area contributed by atoms with Crippen molar-refractivity contribution >= 4 is 11.8 Å². The smallest absolute Gasteiger partial charge is 0.0991 e. The lowest BCUT2D eigenvalue weighted by atomic mass is 10.2. The highest BCUT2D eigenvalue weighted by molar-refractivity contribution is 7.98. The molecular weight excluding hydrogens is 228 g/mol. The van der Waals surface area contributed by atoms with Crippen molar-refractivity contribution in [1.82, 2.24) is 4.90 Å². The van der Waals surface area contributed by atoms with Crippen LogP contribution in [0.3, 0.4) is 0 Å². The number of nitriles is 1. The average molecular weight is 248 g/mol. The first-order valence-electron chi connectivity index (χ1n) is 6.09. The molecule has 0 amide bonds. The van der Waals surface area contributed by atoms with Crippen molar-refractivity contribution in [3.8, 4) is 6.07 Å². The zero-order valence-corrected chi connectivity index (χ0v) is 11.5. The van der Waals surface area contributed by atoms with Crippen molar-refractivity contribution in [2.75, 3.05) is 25.4 Å². The molecule has 1 aromatic carbocycles. The van der Waals surface area contributed by atoms with Gasteiger partial charge in [0, 0.05) is 18.1 Å². The number of rotatable bonds is 7. The second-order valence-corrected chi connectivity index (χ2v) is 5.00. The first-order valence-corrected chi connectivity index (χ1v) is 7.24. The zero-order chi connectivity index (χ0) is 12.5. The Hall–Kier alpha value is -0.980. The van der Waals surface area contributed by atoms with Gasteiger partial charge in [0.2, 0.25) is 0 Å². The standard InChI is InChI=1S/C14H20N2S/c1-3-16(4-2)8-9-17-12-14-7-5-6-13(10-14)11-15/h5-7,10H,3-4,8-9,12H2,1-2H3. The van der Waals surface area contributed by atoms with Crippen molar-refractivity contribution in [2.24, 2.45) is 0 Å². The third kappa shape index (κ3) is 5.25. The fraction of sp³-hybridized carbons (Fsp3) is 0.500. The Balaban J connectivity index is 2.29. The van der Waals surface area contributed by atoms with Gasteiger partial charge in [-0.25, -0.2) is 0 Å². The molecule has 0 saturated carbocycles. The van der Waals surface area contributed by atoms with Gasteiger partial charge in [-0.15, -0.1) is 0 Å². The minimum Gasteiger partial charge on any atom is -0.303 e. The molecule has 2 nitrogen and oxygen atoms in total. The molecule has 1 aromatic rings. The molecule has 0 fully saturated rings. The molecule has 0 spiro atoms. The van der Waals surface area contributed by atoms with E-state index in [1.807, 2.05) is 30.0 Å². The van der Waals surface area contributed by atoms with Gasteiger partial charge in [0.05, 0.1) is 11.6 Å². The SMILES string of the molecule is CCN(CC)CCSCc1cccc(C#N)c1.